The topological polar surface area (TPSA) is 78.3 Å². The molecule has 0 fully saturated rings. The molecule has 2 heterocycles. The molecule has 2 aromatic carbocycles. The van der Waals surface area contributed by atoms with Crippen LogP contribution in [-0.4, -0.2) is 41.4 Å². The fraction of sp³-hybridized carbons (Fsp3) is 0.160. The number of nitrogens with one attached hydrogen (secondary N) is 1. The first kappa shape index (κ1) is 21.1. The lowest BCUT2D eigenvalue weighted by Crippen LogP contribution is -2.25. The molecule has 0 radical (unpaired) electrons. The zero-order chi connectivity index (χ0) is 22.3. The smallest absolute Gasteiger partial charge is 0.255 e. The predicted molar refractivity (Wildman–Crippen MR) is 122 cm³/mol. The Morgan fingerprint density at radius 2 is 1.81 bits per heavy atom. The summed E-state index contributed by atoms with van der Waals surface area (Å²) >= 11 is 0. The molecule has 0 saturated carbocycles. The number of para-hydroxylation sites is 1. The summed E-state index contributed by atoms with van der Waals surface area (Å²) in [5, 5.41) is 7.67. The van der Waals surface area contributed by atoms with Gasteiger partial charge in [-0.05, 0) is 48.4 Å². The average Bonchev–Trinajstić information content (AvgIpc) is 3.31. The van der Waals surface area contributed by atoms with Crippen LogP contribution in [0.5, 0.6) is 11.5 Å². The van der Waals surface area contributed by atoms with E-state index in [1.54, 1.807) is 37.5 Å². The van der Waals surface area contributed by atoms with Gasteiger partial charge in [-0.15, -0.1) is 0 Å². The van der Waals surface area contributed by atoms with Gasteiger partial charge in [0.15, 0.2) is 11.5 Å². The number of pyridine rings is 1. The molecule has 2 aromatic heterocycles. The second-order valence-electron chi connectivity index (χ2n) is 7.11. The number of ether oxygens (including phenoxy) is 2. The standard InChI is InChI=1S/C25H24N4O3/c1-31-22-11-10-18(15-23(22)32-2)12-14-27-25(30)21-17-29(20-8-4-3-5-9-20)28-24(21)19-7-6-13-26-16-19/h3-11,13,15-17H,12,14H2,1-2H3,(H,27,30). The van der Waals surface area contributed by atoms with Crippen LogP contribution in [0.15, 0.2) is 79.3 Å². The summed E-state index contributed by atoms with van der Waals surface area (Å²) in [6.07, 6.45) is 5.81. The molecule has 1 N–H and O–H groups in total. The van der Waals surface area contributed by atoms with E-state index in [0.29, 0.717) is 35.7 Å². The molecule has 0 saturated heterocycles. The molecule has 0 spiro atoms. The number of nitrogens with zero attached hydrogens (tertiary/aromatic N) is 3. The Kier molecular flexibility index (Phi) is 6.46. The van der Waals surface area contributed by atoms with Crippen LogP contribution in [0.2, 0.25) is 0 Å². The van der Waals surface area contributed by atoms with Crippen LogP contribution in [0.1, 0.15) is 15.9 Å². The minimum absolute atomic E-state index is 0.188. The number of hydrogen-bond donors (Lipinski definition) is 1. The van der Waals surface area contributed by atoms with Crippen molar-refractivity contribution in [3.63, 3.8) is 0 Å². The Labute approximate surface area is 186 Å². The van der Waals surface area contributed by atoms with Gasteiger partial charge in [0.25, 0.3) is 5.91 Å². The quantitative estimate of drug-likeness (QED) is 0.460. The van der Waals surface area contributed by atoms with Crippen molar-refractivity contribution in [3.05, 3.63) is 90.4 Å². The molecule has 4 aromatic rings. The second-order valence-corrected chi connectivity index (χ2v) is 7.11. The number of aromatic nitrogens is 3. The van der Waals surface area contributed by atoms with Crippen LogP contribution in [0, 0.1) is 0 Å². The Balaban J connectivity index is 1.53. The summed E-state index contributed by atoms with van der Waals surface area (Å²) in [6.45, 7) is 0.470. The van der Waals surface area contributed by atoms with Gasteiger partial charge < -0.3 is 14.8 Å². The molecule has 7 heteroatoms. The summed E-state index contributed by atoms with van der Waals surface area (Å²) in [5.41, 5.74) is 3.78. The lowest BCUT2D eigenvalue weighted by atomic mass is 10.1. The first-order valence-electron chi connectivity index (χ1n) is 10.2. The highest BCUT2D eigenvalue weighted by Crippen LogP contribution is 2.27. The maximum Gasteiger partial charge on any atom is 0.255 e. The summed E-state index contributed by atoms with van der Waals surface area (Å²) in [4.78, 5) is 17.2. The van der Waals surface area contributed by atoms with Gasteiger partial charge >= 0.3 is 0 Å². The van der Waals surface area contributed by atoms with Crippen molar-refractivity contribution in [2.24, 2.45) is 0 Å². The molecule has 162 valence electrons. The summed E-state index contributed by atoms with van der Waals surface area (Å²) < 4.78 is 12.3. The summed E-state index contributed by atoms with van der Waals surface area (Å²) in [6, 6.07) is 19.2. The Bertz CT molecular complexity index is 1190. The van der Waals surface area contributed by atoms with Crippen LogP contribution < -0.4 is 14.8 Å². The van der Waals surface area contributed by atoms with E-state index >= 15 is 0 Å². The van der Waals surface area contributed by atoms with E-state index in [-0.39, 0.29) is 5.91 Å². The molecule has 32 heavy (non-hydrogen) atoms. The third-order valence-corrected chi connectivity index (χ3v) is 5.06. The second kappa shape index (κ2) is 9.78. The van der Waals surface area contributed by atoms with Crippen LogP contribution in [-0.2, 0) is 6.42 Å². The van der Waals surface area contributed by atoms with Crippen LogP contribution in [0.4, 0.5) is 0 Å². The van der Waals surface area contributed by atoms with Gasteiger partial charge in [-0.25, -0.2) is 4.68 Å². The van der Waals surface area contributed by atoms with Crippen LogP contribution in [0.3, 0.4) is 0 Å². The molecular weight excluding hydrogens is 404 g/mol. The van der Waals surface area contributed by atoms with Crippen molar-refractivity contribution >= 4 is 5.91 Å². The van der Waals surface area contributed by atoms with Gasteiger partial charge in [-0.1, -0.05) is 24.3 Å². The Hall–Kier alpha value is -4.13. The van der Waals surface area contributed by atoms with Gasteiger partial charge in [-0.2, -0.15) is 5.10 Å². The monoisotopic (exact) mass is 428 g/mol. The largest absolute Gasteiger partial charge is 0.493 e. The number of carbonyl (C=O) groups excluding carboxylic acids is 1. The Morgan fingerprint density at radius 3 is 2.53 bits per heavy atom. The third kappa shape index (κ3) is 4.62. The van der Waals surface area contributed by atoms with Gasteiger partial charge in [0.1, 0.15) is 5.69 Å². The fourth-order valence-corrected chi connectivity index (χ4v) is 3.42. The van der Waals surface area contributed by atoms with E-state index in [1.165, 1.54) is 0 Å². The lowest BCUT2D eigenvalue weighted by molar-refractivity contribution is 0.0954. The van der Waals surface area contributed by atoms with Crippen molar-refractivity contribution < 1.29 is 14.3 Å². The summed E-state index contributed by atoms with van der Waals surface area (Å²) in [7, 11) is 3.21. The molecule has 0 aliphatic rings. The fourth-order valence-electron chi connectivity index (χ4n) is 3.42. The van der Waals surface area contributed by atoms with E-state index in [9.17, 15) is 4.79 Å². The van der Waals surface area contributed by atoms with Crippen molar-refractivity contribution in [2.75, 3.05) is 20.8 Å². The first-order valence-corrected chi connectivity index (χ1v) is 10.2. The van der Waals surface area contributed by atoms with E-state index in [0.717, 1.165) is 16.8 Å². The molecule has 7 nitrogen and oxygen atoms in total. The highest BCUT2D eigenvalue weighted by atomic mass is 16.5. The zero-order valence-corrected chi connectivity index (χ0v) is 18.0. The van der Waals surface area contributed by atoms with Crippen molar-refractivity contribution in [3.8, 4) is 28.4 Å². The van der Waals surface area contributed by atoms with E-state index < -0.39 is 0 Å². The number of methoxy groups -OCH3 is 2. The van der Waals surface area contributed by atoms with Gasteiger partial charge in [0.05, 0.1) is 25.5 Å². The normalized spacial score (nSPS) is 10.6. The highest BCUT2D eigenvalue weighted by molar-refractivity contribution is 5.99. The van der Waals surface area contributed by atoms with Crippen LogP contribution >= 0.6 is 0 Å². The van der Waals surface area contributed by atoms with Crippen LogP contribution in [0.25, 0.3) is 16.9 Å². The predicted octanol–water partition coefficient (Wildman–Crippen LogP) is 3.92. The lowest BCUT2D eigenvalue weighted by Gasteiger charge is -2.10. The first-order chi connectivity index (χ1) is 15.7. The number of carbonyl (C=O) groups is 1. The molecule has 1 amide bonds. The number of benzene rings is 2. The number of amides is 1. The third-order valence-electron chi connectivity index (χ3n) is 5.06. The molecular formula is C25H24N4O3. The van der Waals surface area contributed by atoms with Crippen molar-refractivity contribution in [1.82, 2.24) is 20.1 Å². The number of rotatable bonds is 8. The molecule has 0 aliphatic carbocycles. The molecule has 0 bridgehead atoms. The maximum atomic E-state index is 13.1. The Morgan fingerprint density at radius 1 is 1.00 bits per heavy atom. The summed E-state index contributed by atoms with van der Waals surface area (Å²) in [5.74, 6) is 1.15. The molecule has 0 atom stereocenters. The van der Waals surface area contributed by atoms with E-state index in [1.807, 2.05) is 60.7 Å². The minimum atomic E-state index is -0.188. The average molecular weight is 428 g/mol. The van der Waals surface area contributed by atoms with Crippen molar-refractivity contribution in [1.29, 1.82) is 0 Å². The van der Waals surface area contributed by atoms with E-state index in [4.69, 9.17) is 9.47 Å². The minimum Gasteiger partial charge on any atom is -0.493 e. The molecule has 0 unspecified atom stereocenters. The van der Waals surface area contributed by atoms with E-state index in [2.05, 4.69) is 15.4 Å². The molecule has 4 rings (SSSR count). The maximum absolute atomic E-state index is 13.1. The van der Waals surface area contributed by atoms with Gasteiger partial charge in [-0.3, -0.25) is 9.78 Å². The van der Waals surface area contributed by atoms with Gasteiger partial charge in [0.2, 0.25) is 0 Å². The van der Waals surface area contributed by atoms with Crippen molar-refractivity contribution in [2.45, 2.75) is 6.42 Å². The number of hydrogen-bond acceptors (Lipinski definition) is 5. The highest BCUT2D eigenvalue weighted by Gasteiger charge is 2.18. The zero-order valence-electron chi connectivity index (χ0n) is 18.0. The SMILES string of the molecule is COc1ccc(CCNC(=O)c2cn(-c3ccccc3)nc2-c2cccnc2)cc1OC. The molecule has 0 aliphatic heterocycles. The van der Waals surface area contributed by atoms with Gasteiger partial charge in [0, 0.05) is 30.7 Å².